The van der Waals surface area contributed by atoms with E-state index < -0.39 is 18.1 Å². The highest BCUT2D eigenvalue weighted by Gasteiger charge is 2.41. The quantitative estimate of drug-likeness (QED) is 0.237. The second-order valence-corrected chi connectivity index (χ2v) is 11.2. The zero-order valence-corrected chi connectivity index (χ0v) is 25.0. The number of fused-ring (bicyclic) bond motifs is 1. The summed E-state index contributed by atoms with van der Waals surface area (Å²) in [6.45, 7) is 0.834. The predicted molar refractivity (Wildman–Crippen MR) is 164 cm³/mol. The number of nitrogens with zero attached hydrogens (tertiary/aromatic N) is 4. The number of nitrogens with one attached hydrogen (secondary N) is 1. The largest absolute Gasteiger partial charge is 0.497 e. The summed E-state index contributed by atoms with van der Waals surface area (Å²) in [6.07, 6.45) is 1.32. The topological polar surface area (TPSA) is 142 Å². The summed E-state index contributed by atoms with van der Waals surface area (Å²) in [5.74, 6) is -0.196. The van der Waals surface area contributed by atoms with Gasteiger partial charge in [0, 0.05) is 26.6 Å². The number of aromatic nitrogens is 3. The van der Waals surface area contributed by atoms with Gasteiger partial charge in [-0.25, -0.2) is 4.68 Å². The molecule has 0 spiro atoms. The Morgan fingerprint density at radius 3 is 2.52 bits per heavy atom. The molecule has 3 aromatic carbocycles. The van der Waals surface area contributed by atoms with Gasteiger partial charge >= 0.3 is 5.97 Å². The molecule has 0 unspecified atom stereocenters. The number of carbonyl (C=O) groups excluding carboxylic acids is 3. The van der Waals surface area contributed by atoms with Gasteiger partial charge < -0.3 is 25.4 Å². The molecule has 1 saturated heterocycles. The summed E-state index contributed by atoms with van der Waals surface area (Å²) in [5, 5.41) is 11.2. The maximum absolute atomic E-state index is 13.6. The molecule has 2 amide bonds. The van der Waals surface area contributed by atoms with Crippen LogP contribution in [0.5, 0.6) is 5.75 Å². The van der Waals surface area contributed by atoms with E-state index in [1.54, 1.807) is 16.7 Å². The lowest BCUT2D eigenvalue weighted by Crippen LogP contribution is -2.51. The highest BCUT2D eigenvalue weighted by Crippen LogP contribution is 2.28. The molecule has 1 aromatic heterocycles. The molecule has 0 saturated carbocycles. The molecule has 5 rings (SSSR count). The number of aryl methyl sites for hydroxylation is 1. The van der Waals surface area contributed by atoms with Crippen LogP contribution in [0.2, 0.25) is 0 Å². The van der Waals surface area contributed by atoms with Gasteiger partial charge in [0.15, 0.2) is 0 Å². The summed E-state index contributed by atoms with van der Waals surface area (Å²) < 4.78 is 12.3. The van der Waals surface area contributed by atoms with Gasteiger partial charge in [-0.05, 0) is 66.1 Å². The molecule has 1 aliphatic heterocycles. The molecular formula is C33H38N6O5. The Bertz CT molecular complexity index is 1590. The van der Waals surface area contributed by atoms with Crippen LogP contribution in [-0.2, 0) is 45.7 Å². The fourth-order valence-electron chi connectivity index (χ4n) is 5.58. The molecule has 11 nitrogen and oxygen atoms in total. The minimum atomic E-state index is -0.937. The van der Waals surface area contributed by atoms with Crippen LogP contribution in [0.1, 0.15) is 36.0 Å². The first-order valence-electron chi connectivity index (χ1n) is 14.7. The molecule has 2 heterocycles. The lowest BCUT2D eigenvalue weighted by atomic mass is 9.96. The summed E-state index contributed by atoms with van der Waals surface area (Å²) >= 11 is 0. The van der Waals surface area contributed by atoms with Gasteiger partial charge in [-0.2, -0.15) is 0 Å². The second-order valence-electron chi connectivity index (χ2n) is 11.2. The monoisotopic (exact) mass is 598 g/mol. The minimum Gasteiger partial charge on any atom is -0.497 e. The zero-order valence-electron chi connectivity index (χ0n) is 25.0. The van der Waals surface area contributed by atoms with Crippen molar-refractivity contribution in [3.05, 3.63) is 89.5 Å². The van der Waals surface area contributed by atoms with Gasteiger partial charge in [-0.3, -0.25) is 14.4 Å². The van der Waals surface area contributed by atoms with Crippen LogP contribution in [0.15, 0.2) is 72.8 Å². The number of nitrogens with two attached hydrogens (primary N) is 1. The first-order chi connectivity index (χ1) is 21.3. The standard InChI is InChI=1S/C33H38N6O5/c1-38-29-14-10-24(17-28(29)36-37-38)19-35-32(41)30-18-25(16-22-8-11-26(43-2)12-9-22)20-39(30)33(42)27(34)13-15-31(40)44-21-23-6-4-3-5-7-23/h3-12,14,17,25,27,30H,13,15-16,18-21,34H2,1-2H3,(H,35,41)/t25-,27-,30+/m1/s1. The third-order valence-corrected chi connectivity index (χ3v) is 8.02. The van der Waals surface area contributed by atoms with Crippen molar-refractivity contribution in [2.75, 3.05) is 13.7 Å². The molecule has 44 heavy (non-hydrogen) atoms. The van der Waals surface area contributed by atoms with E-state index in [1.165, 1.54) is 0 Å². The second kappa shape index (κ2) is 14.1. The maximum atomic E-state index is 13.6. The number of benzene rings is 3. The van der Waals surface area contributed by atoms with Crippen LogP contribution in [0.25, 0.3) is 11.0 Å². The van der Waals surface area contributed by atoms with Gasteiger partial charge in [-0.15, -0.1) is 5.10 Å². The van der Waals surface area contributed by atoms with Gasteiger partial charge in [0.1, 0.15) is 23.9 Å². The summed E-state index contributed by atoms with van der Waals surface area (Å²) in [6, 6.07) is 21.3. The van der Waals surface area contributed by atoms with Gasteiger partial charge in [-0.1, -0.05) is 53.7 Å². The zero-order chi connectivity index (χ0) is 31.1. The Kier molecular flexibility index (Phi) is 9.86. The van der Waals surface area contributed by atoms with Crippen molar-refractivity contribution in [2.45, 2.75) is 50.9 Å². The van der Waals surface area contributed by atoms with Crippen molar-refractivity contribution >= 4 is 28.8 Å². The van der Waals surface area contributed by atoms with Gasteiger partial charge in [0.05, 0.1) is 18.7 Å². The first-order valence-corrected chi connectivity index (χ1v) is 14.7. The van der Waals surface area contributed by atoms with Crippen LogP contribution >= 0.6 is 0 Å². The third kappa shape index (κ3) is 7.59. The number of methoxy groups -OCH3 is 1. The van der Waals surface area contributed by atoms with Crippen LogP contribution in [-0.4, -0.2) is 63.4 Å². The fraction of sp³-hybridized carbons (Fsp3) is 0.364. The number of esters is 1. The number of ether oxygens (including phenoxy) is 2. The third-order valence-electron chi connectivity index (χ3n) is 8.02. The number of amides is 2. The Balaban J connectivity index is 1.22. The maximum Gasteiger partial charge on any atom is 0.306 e. The molecule has 4 aromatic rings. The van der Waals surface area contributed by atoms with E-state index in [1.807, 2.05) is 79.8 Å². The van der Waals surface area contributed by atoms with E-state index in [0.29, 0.717) is 19.4 Å². The normalized spacial score (nSPS) is 16.9. The Morgan fingerprint density at radius 1 is 1.02 bits per heavy atom. The van der Waals surface area contributed by atoms with Gasteiger partial charge in [0.2, 0.25) is 11.8 Å². The molecule has 3 N–H and O–H groups in total. The molecule has 0 radical (unpaired) electrons. The van der Waals surface area contributed by atoms with Crippen molar-refractivity contribution in [2.24, 2.45) is 18.7 Å². The highest BCUT2D eigenvalue weighted by molar-refractivity contribution is 5.90. The molecule has 0 bridgehead atoms. The fourth-order valence-corrected chi connectivity index (χ4v) is 5.58. The Labute approximate surface area is 256 Å². The smallest absolute Gasteiger partial charge is 0.306 e. The van der Waals surface area contributed by atoms with Crippen molar-refractivity contribution in [3.8, 4) is 5.75 Å². The van der Waals surface area contributed by atoms with E-state index in [9.17, 15) is 14.4 Å². The van der Waals surface area contributed by atoms with Crippen LogP contribution in [0.3, 0.4) is 0 Å². The number of hydrogen-bond acceptors (Lipinski definition) is 8. The molecule has 0 aliphatic carbocycles. The van der Waals surface area contributed by atoms with Crippen LogP contribution in [0, 0.1) is 5.92 Å². The average molecular weight is 599 g/mol. The number of carbonyl (C=O) groups is 3. The molecule has 1 aliphatic rings. The minimum absolute atomic E-state index is 0.00454. The molecule has 1 fully saturated rings. The van der Waals surface area contributed by atoms with Crippen LogP contribution < -0.4 is 15.8 Å². The summed E-state index contributed by atoms with van der Waals surface area (Å²) in [5.41, 5.74) is 10.8. The number of rotatable bonds is 12. The molecule has 11 heteroatoms. The Morgan fingerprint density at radius 2 is 1.77 bits per heavy atom. The number of likely N-dealkylation sites (tertiary alicyclic amines) is 1. The predicted octanol–water partition coefficient (Wildman–Crippen LogP) is 2.90. The van der Waals surface area contributed by atoms with Crippen LogP contribution in [0.4, 0.5) is 0 Å². The first kappa shape index (κ1) is 30.7. The van der Waals surface area contributed by atoms with Crippen molar-refractivity contribution in [3.63, 3.8) is 0 Å². The lowest BCUT2D eigenvalue weighted by molar-refractivity contribution is -0.145. The van der Waals surface area contributed by atoms with E-state index >= 15 is 0 Å². The van der Waals surface area contributed by atoms with Crippen molar-refractivity contribution in [1.82, 2.24) is 25.2 Å². The summed E-state index contributed by atoms with van der Waals surface area (Å²) in [7, 11) is 3.44. The summed E-state index contributed by atoms with van der Waals surface area (Å²) in [4.78, 5) is 41.0. The molecule has 3 atom stereocenters. The van der Waals surface area contributed by atoms with E-state index in [0.717, 1.165) is 33.5 Å². The number of hydrogen-bond donors (Lipinski definition) is 2. The molecule has 230 valence electrons. The lowest BCUT2D eigenvalue weighted by Gasteiger charge is -2.26. The van der Waals surface area contributed by atoms with Crippen molar-refractivity contribution in [1.29, 1.82) is 0 Å². The van der Waals surface area contributed by atoms with Crippen molar-refractivity contribution < 1.29 is 23.9 Å². The average Bonchev–Trinajstić information content (AvgIpc) is 3.65. The van der Waals surface area contributed by atoms with E-state index in [-0.39, 0.29) is 43.7 Å². The van der Waals surface area contributed by atoms with E-state index in [4.69, 9.17) is 15.2 Å². The van der Waals surface area contributed by atoms with E-state index in [2.05, 4.69) is 15.6 Å². The Hall–Kier alpha value is -4.77. The van der Waals surface area contributed by atoms with Gasteiger partial charge in [0.25, 0.3) is 0 Å². The molecular weight excluding hydrogens is 560 g/mol. The highest BCUT2D eigenvalue weighted by atomic mass is 16.5. The SMILES string of the molecule is COc1ccc(C[C@@H]2C[C@@H](C(=O)NCc3ccc4c(c3)nnn4C)N(C(=O)[C@H](N)CCC(=O)OCc3ccccc3)C2)cc1.